The number of fused-ring (bicyclic) bond motifs is 6. The van der Waals surface area contributed by atoms with E-state index in [-0.39, 0.29) is 36.9 Å². The van der Waals surface area contributed by atoms with Gasteiger partial charge in [-0.3, -0.25) is 19.3 Å². The molecular formula is C36H37FN4O10S. The number of benzene rings is 2. The first-order chi connectivity index (χ1) is 24.7. The molecule has 3 heterocycles. The summed E-state index contributed by atoms with van der Waals surface area (Å²) in [5.74, 6) is -2.73. The van der Waals surface area contributed by atoms with E-state index in [0.29, 0.717) is 28.0 Å². The normalized spacial score (nSPS) is 18.5. The fourth-order valence-corrected chi connectivity index (χ4v) is 7.40. The maximum Gasteiger partial charge on any atom is 0.355 e. The number of carbonyl (C=O) groups excluding carboxylic acids is 5. The summed E-state index contributed by atoms with van der Waals surface area (Å²) in [6.45, 7) is 7.20. The Morgan fingerprint density at radius 2 is 1.87 bits per heavy atom. The fraction of sp³-hybridized carbons (Fsp3) is 0.389. The minimum atomic E-state index is -0.933. The van der Waals surface area contributed by atoms with E-state index in [4.69, 9.17) is 23.8 Å². The zero-order chi connectivity index (χ0) is 37.3. The van der Waals surface area contributed by atoms with Gasteiger partial charge in [-0.15, -0.1) is 11.8 Å². The molecule has 3 aliphatic rings. The summed E-state index contributed by atoms with van der Waals surface area (Å²) in [7, 11) is 0. The molecule has 1 fully saturated rings. The summed E-state index contributed by atoms with van der Waals surface area (Å²) >= 11 is 1.32. The van der Waals surface area contributed by atoms with Crippen LogP contribution in [0.25, 0.3) is 22.2 Å². The van der Waals surface area contributed by atoms with E-state index in [0.717, 1.165) is 22.3 Å². The molecule has 3 aromatic rings. The fourth-order valence-electron chi connectivity index (χ4n) is 6.07. The van der Waals surface area contributed by atoms with E-state index in [2.05, 4.69) is 15.5 Å². The number of ether oxygens (including phenoxy) is 4. The molecular weight excluding hydrogens is 699 g/mol. The van der Waals surface area contributed by atoms with E-state index in [1.165, 1.54) is 35.7 Å². The van der Waals surface area contributed by atoms with Crippen LogP contribution in [0.1, 0.15) is 45.7 Å². The molecule has 1 aromatic heterocycles. The van der Waals surface area contributed by atoms with Crippen LogP contribution in [0.4, 0.5) is 4.39 Å². The van der Waals surface area contributed by atoms with Crippen molar-refractivity contribution in [1.82, 2.24) is 15.2 Å². The molecule has 14 nitrogen and oxygen atoms in total. The third kappa shape index (κ3) is 7.61. The minimum Gasteiger partial charge on any atom is -0.484 e. The van der Waals surface area contributed by atoms with Gasteiger partial charge in [-0.2, -0.15) is 0 Å². The molecule has 2 aliphatic heterocycles. The molecule has 2 N–H and O–H groups in total. The molecule has 16 heteroatoms. The Morgan fingerprint density at radius 3 is 2.60 bits per heavy atom. The standard InChI is InChI=1S/C36H37FN4O10S/c1-6-47-29(44)16-50-40-27-13-25-23-11-20(37)7-10-26(23)38-30(25)22-9-8-21(12-24(22)27)49-15-28(43)39-31-33(45)41-32(35(46)51-36(3,4)5)19(14-48-18(2)42)17-52-34(31)41/h7-12,31,34,38H,6,13-17H2,1-5H3,(H,39,43)/b40-27-. The van der Waals surface area contributed by atoms with Gasteiger partial charge in [0.05, 0.1) is 18.0 Å². The largest absolute Gasteiger partial charge is 0.484 e. The topological polar surface area (TPSA) is 175 Å². The van der Waals surface area contributed by atoms with Crippen LogP contribution in [0, 0.1) is 5.82 Å². The first-order valence-corrected chi connectivity index (χ1v) is 17.5. The van der Waals surface area contributed by atoms with Gasteiger partial charge in [0.2, 0.25) is 6.61 Å². The van der Waals surface area contributed by atoms with Crippen molar-refractivity contribution in [3.8, 4) is 17.0 Å². The first kappa shape index (κ1) is 36.4. The summed E-state index contributed by atoms with van der Waals surface area (Å²) in [6, 6.07) is 8.65. The van der Waals surface area contributed by atoms with E-state index in [1.807, 2.05) is 0 Å². The molecule has 0 bridgehead atoms. The SMILES string of the molecule is CCOC(=O)CO/N=C1/Cc2c([nH]c3ccc(F)cc23)-c2ccc(OCC(=O)NC3C(=O)N4C(C(=O)OC(C)(C)C)=C(COC(C)=O)CSC34)cc21. The van der Waals surface area contributed by atoms with Gasteiger partial charge in [-0.25, -0.2) is 14.0 Å². The van der Waals surface area contributed by atoms with Crippen LogP contribution in [-0.2, 0) is 49.4 Å². The quantitative estimate of drug-likeness (QED) is 0.127. The number of thioether (sulfide) groups is 1. The maximum atomic E-state index is 14.2. The lowest BCUT2D eigenvalue weighted by molar-refractivity contribution is -0.159. The molecule has 6 rings (SSSR count). The summed E-state index contributed by atoms with van der Waals surface area (Å²) < 4.78 is 35.6. The van der Waals surface area contributed by atoms with Crippen molar-refractivity contribution in [2.24, 2.45) is 5.16 Å². The van der Waals surface area contributed by atoms with Crippen LogP contribution in [0.15, 0.2) is 52.8 Å². The number of aromatic nitrogens is 1. The Labute approximate surface area is 302 Å². The van der Waals surface area contributed by atoms with Crippen molar-refractivity contribution in [2.75, 3.05) is 32.2 Å². The maximum absolute atomic E-state index is 14.2. The van der Waals surface area contributed by atoms with Gasteiger partial charge < -0.3 is 34.1 Å². The third-order valence-electron chi connectivity index (χ3n) is 8.22. The summed E-state index contributed by atoms with van der Waals surface area (Å²) in [6.07, 6.45) is 0.250. The predicted octanol–water partition coefficient (Wildman–Crippen LogP) is 3.75. The van der Waals surface area contributed by atoms with Crippen molar-refractivity contribution >= 4 is 58.1 Å². The van der Waals surface area contributed by atoms with E-state index in [9.17, 15) is 28.4 Å². The second-order valence-corrected chi connectivity index (χ2v) is 14.3. The smallest absolute Gasteiger partial charge is 0.355 e. The molecule has 2 amide bonds. The Morgan fingerprint density at radius 1 is 1.08 bits per heavy atom. The number of rotatable bonds is 11. The average molecular weight is 737 g/mol. The number of H-pyrrole nitrogens is 1. The number of esters is 3. The number of carbonyl (C=O) groups is 5. The van der Waals surface area contributed by atoms with Crippen molar-refractivity contribution in [3.63, 3.8) is 0 Å². The molecule has 52 heavy (non-hydrogen) atoms. The number of oxime groups is 1. The molecule has 0 spiro atoms. The zero-order valence-electron chi connectivity index (χ0n) is 29.1. The lowest BCUT2D eigenvalue weighted by Crippen LogP contribution is -2.71. The number of nitrogens with zero attached hydrogens (tertiary/aromatic N) is 2. The summed E-state index contributed by atoms with van der Waals surface area (Å²) in [4.78, 5) is 72.9. The Balaban J connectivity index is 1.17. The van der Waals surface area contributed by atoms with Crippen LogP contribution < -0.4 is 10.1 Å². The van der Waals surface area contributed by atoms with Crippen molar-refractivity contribution in [2.45, 2.75) is 58.1 Å². The number of hydrogen-bond acceptors (Lipinski definition) is 12. The molecule has 0 saturated carbocycles. The van der Waals surface area contributed by atoms with E-state index in [1.54, 1.807) is 52.0 Å². The van der Waals surface area contributed by atoms with Crippen molar-refractivity contribution < 1.29 is 52.1 Å². The van der Waals surface area contributed by atoms with Crippen molar-refractivity contribution in [1.29, 1.82) is 0 Å². The van der Waals surface area contributed by atoms with Gasteiger partial charge in [0.1, 0.15) is 40.9 Å². The Bertz CT molecular complexity index is 2030. The van der Waals surface area contributed by atoms with E-state index >= 15 is 0 Å². The van der Waals surface area contributed by atoms with Gasteiger partial charge in [-0.05, 0) is 69.7 Å². The number of halogens is 1. The molecule has 0 radical (unpaired) electrons. The molecule has 1 saturated heterocycles. The number of amides is 2. The van der Waals surface area contributed by atoms with Crippen LogP contribution >= 0.6 is 11.8 Å². The summed E-state index contributed by atoms with van der Waals surface area (Å²) in [5, 5.41) is 7.03. The van der Waals surface area contributed by atoms with Crippen molar-refractivity contribution in [3.05, 3.63) is 64.6 Å². The second kappa shape index (κ2) is 14.7. The molecule has 1 aliphatic carbocycles. The molecule has 2 unspecified atom stereocenters. The Hall–Kier alpha value is -5.38. The van der Waals surface area contributed by atoms with E-state index < -0.39 is 60.0 Å². The predicted molar refractivity (Wildman–Crippen MR) is 187 cm³/mol. The van der Waals surface area contributed by atoms with Crippen LogP contribution in [0.2, 0.25) is 0 Å². The van der Waals surface area contributed by atoms with Gasteiger partial charge in [0, 0.05) is 46.7 Å². The summed E-state index contributed by atoms with van der Waals surface area (Å²) in [5.41, 5.74) is 3.68. The van der Waals surface area contributed by atoms with Gasteiger partial charge in [0.25, 0.3) is 11.8 Å². The monoisotopic (exact) mass is 736 g/mol. The third-order valence-corrected chi connectivity index (χ3v) is 9.56. The minimum absolute atomic E-state index is 0.00712. The Kier molecular flexibility index (Phi) is 10.3. The molecule has 274 valence electrons. The second-order valence-electron chi connectivity index (χ2n) is 13.1. The van der Waals surface area contributed by atoms with Crippen LogP contribution in [0.5, 0.6) is 5.75 Å². The van der Waals surface area contributed by atoms with Crippen LogP contribution in [0.3, 0.4) is 0 Å². The highest BCUT2D eigenvalue weighted by Gasteiger charge is 2.54. The lowest BCUT2D eigenvalue weighted by atomic mass is 9.87. The molecule has 2 atom stereocenters. The highest BCUT2D eigenvalue weighted by molar-refractivity contribution is 8.00. The van der Waals surface area contributed by atoms with Gasteiger partial charge in [-0.1, -0.05) is 5.16 Å². The first-order valence-electron chi connectivity index (χ1n) is 16.5. The average Bonchev–Trinajstić information content (AvgIpc) is 3.45. The zero-order valence-corrected chi connectivity index (χ0v) is 29.9. The number of aromatic amines is 1. The number of nitrogens with one attached hydrogen (secondary N) is 2. The van der Waals surface area contributed by atoms with Gasteiger partial charge in [0.15, 0.2) is 6.61 Å². The molecule has 2 aromatic carbocycles. The lowest BCUT2D eigenvalue weighted by Gasteiger charge is -2.49. The number of hydrogen-bond donors (Lipinski definition) is 2. The highest BCUT2D eigenvalue weighted by Crippen LogP contribution is 2.42. The number of β-lactam (4-membered cyclic amide) rings is 1. The van der Waals surface area contributed by atoms with Gasteiger partial charge >= 0.3 is 17.9 Å². The van der Waals surface area contributed by atoms with Crippen LogP contribution in [-0.4, -0.2) is 94.5 Å². The highest BCUT2D eigenvalue weighted by atomic mass is 32.2.